The second kappa shape index (κ2) is 6.95. The van der Waals surface area contributed by atoms with Crippen LogP contribution in [0.2, 0.25) is 0 Å². The van der Waals surface area contributed by atoms with Gasteiger partial charge in [-0.25, -0.2) is 4.39 Å². The molecule has 3 aromatic rings. The van der Waals surface area contributed by atoms with Gasteiger partial charge in [0.2, 0.25) is 0 Å². The monoisotopic (exact) mass is 396 g/mol. The summed E-state index contributed by atoms with van der Waals surface area (Å²) >= 11 is 0. The fraction of sp³-hybridized carbons (Fsp3) is 0.476. The summed E-state index contributed by atoms with van der Waals surface area (Å²) in [7, 11) is 3.99. The van der Waals surface area contributed by atoms with Gasteiger partial charge in [-0.05, 0) is 50.7 Å². The maximum absolute atomic E-state index is 13.6. The summed E-state index contributed by atoms with van der Waals surface area (Å²) in [6.45, 7) is 3.92. The van der Waals surface area contributed by atoms with Crippen LogP contribution in [0.1, 0.15) is 40.9 Å². The highest BCUT2D eigenvalue weighted by molar-refractivity contribution is 5.98. The van der Waals surface area contributed by atoms with Gasteiger partial charge in [-0.2, -0.15) is 0 Å². The Hall–Kier alpha value is -2.74. The van der Waals surface area contributed by atoms with E-state index in [0.29, 0.717) is 31.2 Å². The predicted molar refractivity (Wildman–Crippen MR) is 107 cm³/mol. The molecule has 2 aliphatic rings. The lowest BCUT2D eigenvalue weighted by molar-refractivity contribution is 0.0696. The molecule has 0 radical (unpaired) electrons. The van der Waals surface area contributed by atoms with E-state index >= 15 is 0 Å². The second-order valence-electron chi connectivity index (χ2n) is 8.25. The van der Waals surface area contributed by atoms with E-state index in [1.165, 1.54) is 18.6 Å². The van der Waals surface area contributed by atoms with Crippen molar-refractivity contribution in [3.63, 3.8) is 0 Å². The minimum absolute atomic E-state index is 0.0580. The number of hydrogen-bond donors (Lipinski definition) is 0. The third-order valence-corrected chi connectivity index (χ3v) is 6.28. The maximum Gasteiger partial charge on any atom is 0.270 e. The molecule has 1 atom stereocenters. The van der Waals surface area contributed by atoms with Gasteiger partial charge in [-0.1, -0.05) is 0 Å². The number of amides is 1. The molecule has 4 heterocycles. The van der Waals surface area contributed by atoms with Crippen molar-refractivity contribution in [1.82, 2.24) is 29.1 Å². The molecule has 0 aliphatic carbocycles. The smallest absolute Gasteiger partial charge is 0.270 e. The van der Waals surface area contributed by atoms with Gasteiger partial charge >= 0.3 is 0 Å². The van der Waals surface area contributed by atoms with E-state index in [9.17, 15) is 9.18 Å². The lowest BCUT2D eigenvalue weighted by Crippen LogP contribution is -2.40. The first-order valence-corrected chi connectivity index (χ1v) is 10.2. The zero-order valence-electron chi connectivity index (χ0n) is 16.8. The Balaban J connectivity index is 1.39. The number of piperidine rings is 1. The van der Waals surface area contributed by atoms with Crippen LogP contribution in [0, 0.1) is 5.82 Å². The number of halogens is 1. The topological polar surface area (TPSA) is 59.2 Å². The van der Waals surface area contributed by atoms with Gasteiger partial charge < -0.3 is 18.9 Å². The molecule has 0 unspecified atom stereocenters. The van der Waals surface area contributed by atoms with Crippen molar-refractivity contribution in [2.75, 3.05) is 26.7 Å². The van der Waals surface area contributed by atoms with E-state index < -0.39 is 0 Å². The van der Waals surface area contributed by atoms with Crippen molar-refractivity contribution in [3.8, 4) is 0 Å². The highest BCUT2D eigenvalue weighted by atomic mass is 19.1. The van der Waals surface area contributed by atoms with Crippen molar-refractivity contribution in [2.45, 2.75) is 31.8 Å². The summed E-state index contributed by atoms with van der Waals surface area (Å²) in [5.41, 5.74) is 1.41. The van der Waals surface area contributed by atoms with Gasteiger partial charge in [0.05, 0.1) is 6.54 Å². The zero-order chi connectivity index (χ0) is 20.1. The lowest BCUT2D eigenvalue weighted by atomic mass is 9.97. The van der Waals surface area contributed by atoms with Crippen molar-refractivity contribution in [3.05, 3.63) is 47.4 Å². The fourth-order valence-electron chi connectivity index (χ4n) is 4.72. The number of rotatable bonds is 2. The SMILES string of the molecule is CN1CCC[C@H](c2nnc3n2CCN(C(=O)c2cc4cc(F)ccc4n2C)C3)C1. The number of nitrogens with zero attached hydrogens (tertiary/aromatic N) is 6. The number of hydrogen-bond acceptors (Lipinski definition) is 4. The van der Waals surface area contributed by atoms with Gasteiger partial charge in [-0.3, -0.25) is 4.79 Å². The van der Waals surface area contributed by atoms with E-state index in [-0.39, 0.29) is 11.7 Å². The van der Waals surface area contributed by atoms with Gasteiger partial charge in [0.25, 0.3) is 5.91 Å². The molecule has 2 aromatic heterocycles. The Morgan fingerprint density at radius 3 is 2.83 bits per heavy atom. The Labute approximate surface area is 168 Å². The Morgan fingerprint density at radius 2 is 2.00 bits per heavy atom. The third-order valence-electron chi connectivity index (χ3n) is 6.28. The Kier molecular flexibility index (Phi) is 4.38. The van der Waals surface area contributed by atoms with E-state index in [0.717, 1.165) is 42.1 Å². The molecule has 1 saturated heterocycles. The Bertz CT molecular complexity index is 1090. The van der Waals surface area contributed by atoms with E-state index in [1.54, 1.807) is 12.1 Å². The first-order valence-electron chi connectivity index (χ1n) is 10.2. The van der Waals surface area contributed by atoms with Gasteiger partial charge in [0, 0.05) is 43.5 Å². The first kappa shape index (κ1) is 18.3. The number of likely N-dealkylation sites (tertiary alicyclic amines) is 1. The molecule has 152 valence electrons. The molecule has 1 aromatic carbocycles. The molecule has 7 nitrogen and oxygen atoms in total. The molecule has 2 aliphatic heterocycles. The van der Waals surface area contributed by atoms with Crippen LogP contribution < -0.4 is 0 Å². The zero-order valence-corrected chi connectivity index (χ0v) is 16.8. The third kappa shape index (κ3) is 3.11. The summed E-state index contributed by atoms with van der Waals surface area (Å²) in [5.74, 6) is 1.95. The molecule has 29 heavy (non-hydrogen) atoms. The number of likely N-dealkylation sites (N-methyl/N-ethyl adjacent to an activating group) is 1. The molecular formula is C21H25FN6O. The number of aryl methyl sites for hydroxylation is 1. The standard InChI is InChI=1S/C21H25FN6O/c1-25-7-3-4-14(12-25)20-24-23-19-13-27(8-9-28(19)20)21(29)18-11-15-10-16(22)5-6-17(15)26(18)2/h5-6,10-11,14H,3-4,7-9,12-13H2,1-2H3/t14-/m0/s1. The number of benzene rings is 1. The van der Waals surface area contributed by atoms with Crippen LogP contribution in [0.5, 0.6) is 0 Å². The van der Waals surface area contributed by atoms with Crippen LogP contribution >= 0.6 is 0 Å². The summed E-state index contributed by atoms with van der Waals surface area (Å²) in [5, 5.41) is 9.63. The molecular weight excluding hydrogens is 371 g/mol. The maximum atomic E-state index is 13.6. The van der Waals surface area contributed by atoms with Crippen LogP contribution in [0.3, 0.4) is 0 Å². The molecule has 0 spiro atoms. The minimum atomic E-state index is -0.297. The largest absolute Gasteiger partial charge is 0.340 e. The fourth-order valence-corrected chi connectivity index (χ4v) is 4.72. The van der Waals surface area contributed by atoms with Crippen LogP contribution in [-0.2, 0) is 20.1 Å². The molecule has 1 fully saturated rings. The molecule has 0 N–H and O–H groups in total. The average Bonchev–Trinajstić information content (AvgIpc) is 3.28. The van der Waals surface area contributed by atoms with E-state index in [2.05, 4.69) is 26.7 Å². The van der Waals surface area contributed by atoms with Gasteiger partial charge in [0.15, 0.2) is 5.82 Å². The number of aromatic nitrogens is 4. The van der Waals surface area contributed by atoms with Crippen LogP contribution in [0.15, 0.2) is 24.3 Å². The van der Waals surface area contributed by atoms with Gasteiger partial charge in [0.1, 0.15) is 17.3 Å². The second-order valence-corrected chi connectivity index (χ2v) is 8.25. The van der Waals surface area contributed by atoms with Crippen molar-refractivity contribution < 1.29 is 9.18 Å². The highest BCUT2D eigenvalue weighted by Crippen LogP contribution is 2.28. The minimum Gasteiger partial charge on any atom is -0.340 e. The van der Waals surface area contributed by atoms with Crippen molar-refractivity contribution >= 4 is 16.8 Å². The van der Waals surface area contributed by atoms with Crippen LogP contribution in [0.4, 0.5) is 4.39 Å². The van der Waals surface area contributed by atoms with E-state index in [4.69, 9.17) is 0 Å². The predicted octanol–water partition coefficient (Wildman–Crippen LogP) is 2.37. The molecule has 0 bridgehead atoms. The van der Waals surface area contributed by atoms with Crippen LogP contribution in [0.25, 0.3) is 10.9 Å². The normalized spacial score (nSPS) is 20.2. The van der Waals surface area contributed by atoms with E-state index in [1.807, 2.05) is 16.5 Å². The number of carbonyl (C=O) groups is 1. The van der Waals surface area contributed by atoms with Gasteiger partial charge in [-0.15, -0.1) is 10.2 Å². The highest BCUT2D eigenvalue weighted by Gasteiger charge is 2.30. The molecule has 1 amide bonds. The van der Waals surface area contributed by atoms with Crippen molar-refractivity contribution in [1.29, 1.82) is 0 Å². The molecule has 5 rings (SSSR count). The molecule has 8 heteroatoms. The van der Waals surface area contributed by atoms with Crippen LogP contribution in [-0.4, -0.2) is 61.7 Å². The quantitative estimate of drug-likeness (QED) is 0.667. The Morgan fingerprint density at radius 1 is 1.14 bits per heavy atom. The van der Waals surface area contributed by atoms with Crippen molar-refractivity contribution in [2.24, 2.45) is 7.05 Å². The summed E-state index contributed by atoms with van der Waals surface area (Å²) < 4.78 is 17.6. The lowest BCUT2D eigenvalue weighted by Gasteiger charge is -2.32. The molecule has 0 saturated carbocycles. The first-order chi connectivity index (χ1) is 14.0. The summed E-state index contributed by atoms with van der Waals surface area (Å²) in [6, 6.07) is 6.36. The summed E-state index contributed by atoms with van der Waals surface area (Å²) in [6.07, 6.45) is 2.31. The number of fused-ring (bicyclic) bond motifs is 2. The number of carbonyl (C=O) groups excluding carboxylic acids is 1. The summed E-state index contributed by atoms with van der Waals surface area (Å²) in [4.78, 5) is 17.3. The average molecular weight is 396 g/mol.